The van der Waals surface area contributed by atoms with Crippen LogP contribution in [-0.4, -0.2) is 69.0 Å². The predicted octanol–water partition coefficient (Wildman–Crippen LogP) is 4.43. The second-order valence-corrected chi connectivity index (χ2v) is 10.5. The zero-order valence-corrected chi connectivity index (χ0v) is 21.7. The van der Waals surface area contributed by atoms with E-state index in [1.165, 1.54) is 0 Å². The zero-order chi connectivity index (χ0) is 25.3. The summed E-state index contributed by atoms with van der Waals surface area (Å²) in [5.41, 5.74) is 0.843. The number of aliphatic carboxylic acids is 1. The Hall–Kier alpha value is -1.97. The summed E-state index contributed by atoms with van der Waals surface area (Å²) < 4.78 is 19.5. The van der Waals surface area contributed by atoms with Crippen molar-refractivity contribution in [3.05, 3.63) is 70.2 Å². The van der Waals surface area contributed by atoms with E-state index in [1.54, 1.807) is 35.4 Å². The van der Waals surface area contributed by atoms with Crippen molar-refractivity contribution in [3.63, 3.8) is 0 Å². The predicted molar refractivity (Wildman–Crippen MR) is 135 cm³/mol. The molecule has 0 aliphatic carbocycles. The van der Waals surface area contributed by atoms with Gasteiger partial charge in [-0.05, 0) is 50.3 Å². The summed E-state index contributed by atoms with van der Waals surface area (Å²) >= 11 is 11.5. The van der Waals surface area contributed by atoms with Gasteiger partial charge in [0.25, 0.3) is 5.91 Å². The molecule has 4 atom stereocenters. The Morgan fingerprint density at radius 1 is 1.15 bits per heavy atom. The fourth-order valence-corrected chi connectivity index (χ4v) is 4.78. The van der Waals surface area contributed by atoms with Crippen molar-refractivity contribution in [2.24, 2.45) is 0 Å². The van der Waals surface area contributed by atoms with Crippen LogP contribution in [-0.2, 0) is 25.3 Å². The molecule has 2 aromatic rings. The van der Waals surface area contributed by atoms with Gasteiger partial charge in [0.1, 0.15) is 6.10 Å². The Balaban J connectivity index is 0.000000497. The smallest absolute Gasteiger partial charge is 0.306 e. The molecule has 1 unspecified atom stereocenters. The number of amides is 1. The van der Waals surface area contributed by atoms with Crippen molar-refractivity contribution in [3.8, 4) is 0 Å². The summed E-state index contributed by atoms with van der Waals surface area (Å²) in [6.07, 6.45) is -0.835. The molecular weight excluding hydrogens is 499 g/mol. The van der Waals surface area contributed by atoms with E-state index < -0.39 is 29.5 Å². The Kier molecular flexibility index (Phi) is 11.5. The van der Waals surface area contributed by atoms with Gasteiger partial charge in [0, 0.05) is 16.1 Å². The van der Waals surface area contributed by atoms with E-state index in [9.17, 15) is 13.8 Å². The van der Waals surface area contributed by atoms with Gasteiger partial charge in [0.15, 0.2) is 0 Å². The SMILES string of the molecule is CC[C@@H](CS(=O)N(C)C)N1C(=O)[C@@H](CC(=O)O)OC[C@H]1c1ccc(Cl)cc1.Clc1ccccc1. The average molecular weight is 529 g/mol. The number of rotatable bonds is 8. The summed E-state index contributed by atoms with van der Waals surface area (Å²) in [7, 11) is 2.18. The molecular formula is C24H30Cl2N2O5S. The first-order valence-corrected chi connectivity index (χ1v) is 12.8. The minimum atomic E-state index is -1.25. The van der Waals surface area contributed by atoms with Crippen LogP contribution in [0.4, 0.5) is 0 Å². The summed E-state index contributed by atoms with van der Waals surface area (Å²) in [5.74, 6) is -1.20. The van der Waals surface area contributed by atoms with Gasteiger partial charge >= 0.3 is 5.97 Å². The van der Waals surface area contributed by atoms with Crippen LogP contribution in [0.1, 0.15) is 31.4 Å². The van der Waals surface area contributed by atoms with Crippen molar-refractivity contribution in [1.29, 1.82) is 0 Å². The number of carboxylic acids is 1. The highest BCUT2D eigenvalue weighted by Gasteiger charge is 2.41. The molecule has 186 valence electrons. The van der Waals surface area contributed by atoms with Crippen LogP contribution < -0.4 is 0 Å². The van der Waals surface area contributed by atoms with Crippen LogP contribution in [0.2, 0.25) is 10.0 Å². The van der Waals surface area contributed by atoms with E-state index in [2.05, 4.69) is 0 Å². The first-order valence-electron chi connectivity index (χ1n) is 10.8. The molecule has 0 saturated carbocycles. The zero-order valence-electron chi connectivity index (χ0n) is 19.4. The number of ether oxygens (including phenoxy) is 1. The van der Waals surface area contributed by atoms with Gasteiger partial charge in [0.2, 0.25) is 0 Å². The highest BCUT2D eigenvalue weighted by molar-refractivity contribution is 7.82. The van der Waals surface area contributed by atoms with E-state index in [0.29, 0.717) is 11.4 Å². The Morgan fingerprint density at radius 3 is 2.21 bits per heavy atom. The van der Waals surface area contributed by atoms with Crippen LogP contribution >= 0.6 is 23.2 Å². The van der Waals surface area contributed by atoms with Crippen LogP contribution in [0, 0.1) is 0 Å². The molecule has 0 spiro atoms. The first kappa shape index (κ1) is 28.3. The average Bonchev–Trinajstić information content (AvgIpc) is 2.80. The molecule has 34 heavy (non-hydrogen) atoms. The lowest BCUT2D eigenvalue weighted by Gasteiger charge is -2.43. The van der Waals surface area contributed by atoms with Crippen LogP contribution in [0.25, 0.3) is 0 Å². The van der Waals surface area contributed by atoms with Gasteiger partial charge in [-0.2, -0.15) is 0 Å². The first-order chi connectivity index (χ1) is 16.1. The lowest BCUT2D eigenvalue weighted by molar-refractivity contribution is -0.168. The maximum Gasteiger partial charge on any atom is 0.306 e. The van der Waals surface area contributed by atoms with Crippen molar-refractivity contribution in [2.75, 3.05) is 26.5 Å². The van der Waals surface area contributed by atoms with Gasteiger partial charge in [-0.1, -0.05) is 60.5 Å². The second kappa shape index (κ2) is 13.8. The minimum absolute atomic E-state index is 0.177. The maximum atomic E-state index is 13.1. The molecule has 0 bridgehead atoms. The summed E-state index contributed by atoms with van der Waals surface area (Å²) in [5, 5.41) is 10.5. The molecule has 10 heteroatoms. The summed E-state index contributed by atoms with van der Waals surface area (Å²) in [6, 6.07) is 15.9. The Labute approximate surface area is 213 Å². The molecule has 1 N–H and O–H groups in total. The van der Waals surface area contributed by atoms with E-state index in [0.717, 1.165) is 10.6 Å². The number of hydrogen-bond donors (Lipinski definition) is 1. The van der Waals surface area contributed by atoms with E-state index in [1.807, 2.05) is 49.4 Å². The maximum absolute atomic E-state index is 13.1. The number of carbonyl (C=O) groups is 2. The van der Waals surface area contributed by atoms with E-state index in [4.69, 9.17) is 33.0 Å². The number of benzene rings is 2. The monoisotopic (exact) mass is 528 g/mol. The molecule has 2 aromatic carbocycles. The summed E-state index contributed by atoms with van der Waals surface area (Å²) in [4.78, 5) is 25.8. The van der Waals surface area contributed by atoms with Crippen molar-refractivity contribution in [1.82, 2.24) is 9.21 Å². The number of carbonyl (C=O) groups excluding carboxylic acids is 1. The highest BCUT2D eigenvalue weighted by Crippen LogP contribution is 2.32. The molecule has 1 heterocycles. The summed E-state index contributed by atoms with van der Waals surface area (Å²) in [6.45, 7) is 2.10. The van der Waals surface area contributed by atoms with Crippen molar-refractivity contribution in [2.45, 2.75) is 38.0 Å². The molecule has 0 aromatic heterocycles. The topological polar surface area (TPSA) is 87.2 Å². The molecule has 1 amide bonds. The highest BCUT2D eigenvalue weighted by atomic mass is 35.5. The third-order valence-electron chi connectivity index (χ3n) is 5.28. The molecule has 1 aliphatic rings. The van der Waals surface area contributed by atoms with Gasteiger partial charge in [0.05, 0.1) is 35.8 Å². The molecule has 0 radical (unpaired) electrons. The molecule has 1 aliphatic heterocycles. The lowest BCUT2D eigenvalue weighted by Crippen LogP contribution is -2.55. The molecule has 1 fully saturated rings. The van der Waals surface area contributed by atoms with Gasteiger partial charge < -0.3 is 14.7 Å². The fourth-order valence-electron chi connectivity index (χ4n) is 3.48. The van der Waals surface area contributed by atoms with Gasteiger partial charge in [-0.3, -0.25) is 9.59 Å². The number of hydrogen-bond acceptors (Lipinski definition) is 4. The van der Waals surface area contributed by atoms with Crippen LogP contribution in [0.3, 0.4) is 0 Å². The third-order valence-corrected chi connectivity index (χ3v) is 7.26. The fraction of sp³-hybridized carbons (Fsp3) is 0.417. The van der Waals surface area contributed by atoms with Crippen molar-refractivity contribution >= 4 is 46.1 Å². The molecule has 7 nitrogen and oxygen atoms in total. The number of morpholine rings is 1. The van der Waals surface area contributed by atoms with Gasteiger partial charge in [-0.15, -0.1) is 0 Å². The number of carboxylic acid groups (broad SMARTS) is 1. The van der Waals surface area contributed by atoms with Crippen LogP contribution in [0.15, 0.2) is 54.6 Å². The van der Waals surface area contributed by atoms with E-state index >= 15 is 0 Å². The number of nitrogens with zero attached hydrogens (tertiary/aromatic N) is 2. The standard InChI is InChI=1S/C18H25ClN2O5S.C6H5Cl/c1-4-14(11-27(25)20(2)3)21-15(12-5-7-13(19)8-6-12)10-26-16(18(21)24)9-17(22)23;7-6-4-2-1-3-5-6/h5-8,14-16H,4,9-11H2,1-3H3,(H,22,23);1-5H/t14-,15-,16+,27?;/m0./s1. The number of halogens is 2. The largest absolute Gasteiger partial charge is 0.481 e. The minimum Gasteiger partial charge on any atom is -0.481 e. The van der Waals surface area contributed by atoms with Crippen molar-refractivity contribution < 1.29 is 23.6 Å². The quantitative estimate of drug-likeness (QED) is 0.547. The van der Waals surface area contributed by atoms with Crippen LogP contribution in [0.5, 0.6) is 0 Å². The Bertz CT molecular complexity index is 960. The molecule has 1 saturated heterocycles. The molecule has 3 rings (SSSR count). The lowest BCUT2D eigenvalue weighted by atomic mass is 9.99. The third kappa shape index (κ3) is 8.36. The Morgan fingerprint density at radius 2 is 1.74 bits per heavy atom. The van der Waals surface area contributed by atoms with E-state index in [-0.39, 0.29) is 30.4 Å². The normalized spacial score (nSPS) is 19.8. The second-order valence-electron chi connectivity index (χ2n) is 7.89. The van der Waals surface area contributed by atoms with Gasteiger partial charge in [-0.25, -0.2) is 8.51 Å².